The van der Waals surface area contributed by atoms with Crippen LogP contribution in [0.2, 0.25) is 0 Å². The average molecular weight is 366 g/mol. The van der Waals surface area contributed by atoms with Gasteiger partial charge in [0.2, 0.25) is 5.91 Å². The molecule has 1 saturated heterocycles. The number of hydrogen-bond acceptors (Lipinski definition) is 4. The van der Waals surface area contributed by atoms with Gasteiger partial charge >= 0.3 is 0 Å². The largest absolute Gasteiger partial charge is 0.351 e. The third kappa shape index (κ3) is 4.11. The summed E-state index contributed by atoms with van der Waals surface area (Å²) in [5, 5.41) is 4.24. The minimum Gasteiger partial charge on any atom is -0.351 e. The van der Waals surface area contributed by atoms with Crippen LogP contribution in [0.1, 0.15) is 29.3 Å². The Balaban J connectivity index is 1.33. The van der Waals surface area contributed by atoms with Crippen molar-refractivity contribution >= 4 is 27.5 Å². The second-order valence-electron chi connectivity index (χ2n) is 6.86. The van der Waals surface area contributed by atoms with Crippen LogP contribution in [0.25, 0.3) is 10.2 Å². The Morgan fingerprint density at radius 3 is 2.81 bits per heavy atom. The summed E-state index contributed by atoms with van der Waals surface area (Å²) in [6.07, 6.45) is 2.27. The minimum absolute atomic E-state index is 0.0961. The molecule has 1 atom stereocenters. The summed E-state index contributed by atoms with van der Waals surface area (Å²) in [5.41, 5.74) is 2.22. The zero-order valence-electron chi connectivity index (χ0n) is 14.7. The van der Waals surface area contributed by atoms with Crippen LogP contribution in [0.4, 0.5) is 0 Å². The SMILES string of the molecule is O=C(CN1CCC[C@@H](c2nc3ccccc3s2)C1)NCc1ccccc1. The number of para-hydroxylation sites is 1. The number of nitrogens with zero attached hydrogens (tertiary/aromatic N) is 2. The monoisotopic (exact) mass is 365 g/mol. The number of fused-ring (bicyclic) bond motifs is 1. The molecule has 1 amide bonds. The second kappa shape index (κ2) is 7.98. The van der Waals surface area contributed by atoms with Gasteiger partial charge in [-0.05, 0) is 37.1 Å². The maximum Gasteiger partial charge on any atom is 0.234 e. The van der Waals surface area contributed by atoms with Crippen LogP contribution in [0.3, 0.4) is 0 Å². The Labute approximate surface area is 157 Å². The maximum absolute atomic E-state index is 12.3. The van der Waals surface area contributed by atoms with Gasteiger partial charge in [0.25, 0.3) is 0 Å². The molecule has 4 nitrogen and oxygen atoms in total. The molecule has 1 N–H and O–H groups in total. The fraction of sp³-hybridized carbons (Fsp3) is 0.333. The number of piperidine rings is 1. The van der Waals surface area contributed by atoms with E-state index in [9.17, 15) is 4.79 Å². The Morgan fingerprint density at radius 2 is 1.96 bits per heavy atom. The number of rotatable bonds is 5. The van der Waals surface area contributed by atoms with Gasteiger partial charge in [-0.1, -0.05) is 42.5 Å². The lowest BCUT2D eigenvalue weighted by Gasteiger charge is -2.31. The van der Waals surface area contributed by atoms with Crippen LogP contribution in [-0.2, 0) is 11.3 Å². The van der Waals surface area contributed by atoms with E-state index in [-0.39, 0.29) is 5.91 Å². The Hall–Kier alpha value is -2.24. The molecule has 1 aromatic heterocycles. The molecule has 2 aromatic carbocycles. The van der Waals surface area contributed by atoms with Gasteiger partial charge in [-0.25, -0.2) is 4.98 Å². The second-order valence-corrected chi connectivity index (χ2v) is 7.92. The molecule has 1 aliphatic rings. The van der Waals surface area contributed by atoms with Crippen molar-refractivity contribution in [3.05, 3.63) is 65.2 Å². The smallest absolute Gasteiger partial charge is 0.234 e. The van der Waals surface area contributed by atoms with E-state index in [1.807, 2.05) is 36.4 Å². The lowest BCUT2D eigenvalue weighted by atomic mass is 9.99. The van der Waals surface area contributed by atoms with Gasteiger partial charge in [-0.2, -0.15) is 0 Å². The minimum atomic E-state index is 0.0961. The summed E-state index contributed by atoms with van der Waals surface area (Å²) in [4.78, 5) is 19.4. The van der Waals surface area contributed by atoms with E-state index < -0.39 is 0 Å². The number of carbonyl (C=O) groups is 1. The highest BCUT2D eigenvalue weighted by Gasteiger charge is 2.25. The highest BCUT2D eigenvalue weighted by molar-refractivity contribution is 7.18. The molecule has 1 fully saturated rings. The van der Waals surface area contributed by atoms with Gasteiger partial charge in [0.1, 0.15) is 0 Å². The van der Waals surface area contributed by atoms with Gasteiger partial charge in [0.05, 0.1) is 21.8 Å². The van der Waals surface area contributed by atoms with E-state index in [1.165, 1.54) is 9.71 Å². The highest BCUT2D eigenvalue weighted by atomic mass is 32.1. The van der Waals surface area contributed by atoms with Gasteiger partial charge in [-0.3, -0.25) is 9.69 Å². The van der Waals surface area contributed by atoms with E-state index in [4.69, 9.17) is 4.98 Å². The number of benzene rings is 2. The molecule has 0 radical (unpaired) electrons. The number of likely N-dealkylation sites (tertiary alicyclic amines) is 1. The molecule has 4 rings (SSSR count). The van der Waals surface area contributed by atoms with Crippen molar-refractivity contribution in [1.82, 2.24) is 15.2 Å². The summed E-state index contributed by atoms with van der Waals surface area (Å²) in [5.74, 6) is 0.530. The van der Waals surface area contributed by atoms with Crippen molar-refractivity contribution in [2.45, 2.75) is 25.3 Å². The number of hydrogen-bond donors (Lipinski definition) is 1. The van der Waals surface area contributed by atoms with Gasteiger partial charge in [0.15, 0.2) is 0 Å². The van der Waals surface area contributed by atoms with Gasteiger partial charge in [0, 0.05) is 19.0 Å². The number of amides is 1. The third-order valence-electron chi connectivity index (χ3n) is 4.86. The topological polar surface area (TPSA) is 45.2 Å². The lowest BCUT2D eigenvalue weighted by molar-refractivity contribution is -0.122. The summed E-state index contributed by atoms with van der Waals surface area (Å²) < 4.78 is 1.25. The van der Waals surface area contributed by atoms with Crippen molar-refractivity contribution in [3.8, 4) is 0 Å². The number of nitrogens with one attached hydrogen (secondary N) is 1. The first-order valence-corrected chi connectivity index (χ1v) is 9.98. The maximum atomic E-state index is 12.3. The fourth-order valence-corrected chi connectivity index (χ4v) is 4.61. The lowest BCUT2D eigenvalue weighted by Crippen LogP contribution is -2.41. The van der Waals surface area contributed by atoms with Crippen LogP contribution in [0.5, 0.6) is 0 Å². The first kappa shape index (κ1) is 17.2. The summed E-state index contributed by atoms with van der Waals surface area (Å²) in [6.45, 7) is 2.96. The molecule has 0 bridgehead atoms. The quantitative estimate of drug-likeness (QED) is 0.748. The van der Waals surface area contributed by atoms with Crippen LogP contribution in [-0.4, -0.2) is 35.4 Å². The molecule has 1 aliphatic heterocycles. The average Bonchev–Trinajstić information content (AvgIpc) is 3.12. The molecule has 26 heavy (non-hydrogen) atoms. The predicted molar refractivity (Wildman–Crippen MR) is 106 cm³/mol. The predicted octanol–water partition coefficient (Wildman–Crippen LogP) is 3.79. The Bertz CT molecular complexity index is 844. The van der Waals surface area contributed by atoms with E-state index in [1.54, 1.807) is 11.3 Å². The highest BCUT2D eigenvalue weighted by Crippen LogP contribution is 2.32. The molecular formula is C21H23N3OS. The van der Waals surface area contributed by atoms with Crippen molar-refractivity contribution in [3.63, 3.8) is 0 Å². The molecular weight excluding hydrogens is 342 g/mol. The van der Waals surface area contributed by atoms with Gasteiger partial charge in [-0.15, -0.1) is 11.3 Å². The summed E-state index contributed by atoms with van der Waals surface area (Å²) in [6, 6.07) is 18.4. The number of thiazole rings is 1. The third-order valence-corrected chi connectivity index (χ3v) is 6.06. The molecule has 0 unspecified atom stereocenters. The van der Waals surface area contributed by atoms with E-state index >= 15 is 0 Å². The van der Waals surface area contributed by atoms with Crippen LogP contribution in [0.15, 0.2) is 54.6 Å². The molecule has 5 heteroatoms. The first-order chi connectivity index (χ1) is 12.8. The number of aromatic nitrogens is 1. The zero-order chi connectivity index (χ0) is 17.8. The normalized spacial score (nSPS) is 18.1. The van der Waals surface area contributed by atoms with Crippen molar-refractivity contribution in [1.29, 1.82) is 0 Å². The molecule has 2 heterocycles. The van der Waals surface area contributed by atoms with Crippen LogP contribution in [0, 0.1) is 0 Å². The van der Waals surface area contributed by atoms with Crippen LogP contribution < -0.4 is 5.32 Å². The summed E-state index contributed by atoms with van der Waals surface area (Å²) >= 11 is 1.79. The Kier molecular flexibility index (Phi) is 5.27. The Morgan fingerprint density at radius 1 is 1.15 bits per heavy atom. The molecule has 134 valence electrons. The van der Waals surface area contributed by atoms with Gasteiger partial charge < -0.3 is 5.32 Å². The van der Waals surface area contributed by atoms with Crippen molar-refractivity contribution in [2.75, 3.05) is 19.6 Å². The summed E-state index contributed by atoms with van der Waals surface area (Å²) in [7, 11) is 0. The van der Waals surface area contributed by atoms with Crippen LogP contribution >= 0.6 is 11.3 Å². The zero-order valence-corrected chi connectivity index (χ0v) is 15.5. The number of carbonyl (C=O) groups excluding carboxylic acids is 1. The van der Waals surface area contributed by atoms with Crippen molar-refractivity contribution in [2.24, 2.45) is 0 Å². The molecule has 0 aliphatic carbocycles. The van der Waals surface area contributed by atoms with E-state index in [0.29, 0.717) is 19.0 Å². The van der Waals surface area contributed by atoms with E-state index in [0.717, 1.165) is 37.0 Å². The standard InChI is InChI=1S/C21H23N3OS/c25-20(22-13-16-7-2-1-3-8-16)15-24-12-6-9-17(14-24)21-23-18-10-4-5-11-19(18)26-21/h1-5,7-8,10-11,17H,6,9,12-15H2,(H,22,25)/t17-/m1/s1. The fourth-order valence-electron chi connectivity index (χ4n) is 3.52. The van der Waals surface area contributed by atoms with Crippen molar-refractivity contribution < 1.29 is 4.79 Å². The first-order valence-electron chi connectivity index (χ1n) is 9.16. The molecule has 0 spiro atoms. The molecule has 3 aromatic rings. The van der Waals surface area contributed by atoms with E-state index in [2.05, 4.69) is 28.4 Å². The molecule has 0 saturated carbocycles.